The number of pyridine rings is 1. The van der Waals surface area contributed by atoms with Crippen molar-refractivity contribution in [3.05, 3.63) is 47.1 Å². The van der Waals surface area contributed by atoms with Crippen molar-refractivity contribution in [2.75, 3.05) is 18.5 Å². The Morgan fingerprint density at radius 3 is 3.12 bits per heavy atom. The summed E-state index contributed by atoms with van der Waals surface area (Å²) < 4.78 is 12.1. The third-order valence-electron chi connectivity index (χ3n) is 3.92. The lowest BCUT2D eigenvalue weighted by Gasteiger charge is -2.11. The fourth-order valence-electron chi connectivity index (χ4n) is 2.72. The highest BCUT2D eigenvalue weighted by Gasteiger charge is 2.18. The van der Waals surface area contributed by atoms with Crippen molar-refractivity contribution in [1.82, 2.24) is 9.97 Å². The number of aryl methyl sites for hydroxylation is 1. The first-order valence-electron chi connectivity index (χ1n) is 8.06. The van der Waals surface area contributed by atoms with Gasteiger partial charge in [-0.3, -0.25) is 4.79 Å². The molecule has 1 N–H and O–H groups in total. The van der Waals surface area contributed by atoms with Gasteiger partial charge in [-0.15, -0.1) is 11.3 Å². The number of carbonyl (C=O) groups excluding carboxylic acids is 1. The summed E-state index contributed by atoms with van der Waals surface area (Å²) in [5.41, 5.74) is 2.10. The van der Waals surface area contributed by atoms with Crippen LogP contribution >= 0.6 is 11.3 Å². The first-order chi connectivity index (χ1) is 12.2. The monoisotopic (exact) mass is 355 g/mol. The van der Waals surface area contributed by atoms with E-state index in [1.54, 1.807) is 29.7 Å². The summed E-state index contributed by atoms with van der Waals surface area (Å²) in [7, 11) is 0. The summed E-state index contributed by atoms with van der Waals surface area (Å²) in [6.07, 6.45) is 2.42. The summed E-state index contributed by atoms with van der Waals surface area (Å²) in [6, 6.07) is 9.05. The van der Waals surface area contributed by atoms with Gasteiger partial charge in [0.2, 0.25) is 5.88 Å². The quantitative estimate of drug-likeness (QED) is 0.776. The number of amides is 1. The fraction of sp³-hybridized carbons (Fsp3) is 0.278. The maximum absolute atomic E-state index is 12.5. The predicted molar refractivity (Wildman–Crippen MR) is 96.4 cm³/mol. The van der Waals surface area contributed by atoms with E-state index in [4.69, 9.17) is 9.47 Å². The average Bonchev–Trinajstić information content (AvgIpc) is 3.23. The molecule has 0 spiro atoms. The maximum Gasteiger partial charge on any atom is 0.255 e. The topological polar surface area (TPSA) is 73.3 Å². The molecule has 0 aliphatic carbocycles. The summed E-state index contributed by atoms with van der Waals surface area (Å²) >= 11 is 1.63. The molecule has 1 saturated heterocycles. The molecule has 1 fully saturated rings. The standard InChI is InChI=1S/C18H17N3O3S/c1-11-20-15-9-13(2-3-16(15)25-11)21-18(22)12-4-6-19-17(8-12)24-14-5-7-23-10-14/h2-4,6,8-9,14H,5,7,10H2,1H3,(H,21,22)/t14-/m1/s1. The molecule has 1 aliphatic heterocycles. The molecular weight excluding hydrogens is 338 g/mol. The zero-order valence-electron chi connectivity index (χ0n) is 13.7. The van der Waals surface area contributed by atoms with Gasteiger partial charge in [0, 0.05) is 29.9 Å². The van der Waals surface area contributed by atoms with Gasteiger partial charge in [0.15, 0.2) is 0 Å². The van der Waals surface area contributed by atoms with Crippen molar-refractivity contribution in [3.8, 4) is 5.88 Å². The number of anilines is 1. The van der Waals surface area contributed by atoms with E-state index in [1.807, 2.05) is 25.1 Å². The number of thiazole rings is 1. The van der Waals surface area contributed by atoms with Crippen LogP contribution in [0.2, 0.25) is 0 Å². The van der Waals surface area contributed by atoms with Crippen LogP contribution in [-0.4, -0.2) is 35.2 Å². The SMILES string of the molecule is Cc1nc2cc(NC(=O)c3ccnc(O[C@@H]4CCOC4)c3)ccc2s1. The van der Waals surface area contributed by atoms with Crippen LogP contribution in [0.5, 0.6) is 5.88 Å². The number of nitrogens with zero attached hydrogens (tertiary/aromatic N) is 2. The molecule has 3 aromatic rings. The van der Waals surface area contributed by atoms with Gasteiger partial charge in [0.05, 0.1) is 28.4 Å². The largest absolute Gasteiger partial charge is 0.472 e. The first-order valence-corrected chi connectivity index (χ1v) is 8.88. The zero-order valence-corrected chi connectivity index (χ0v) is 14.5. The lowest BCUT2D eigenvalue weighted by atomic mass is 10.2. The Hall–Kier alpha value is -2.51. The van der Waals surface area contributed by atoms with Crippen LogP contribution in [0.15, 0.2) is 36.5 Å². The smallest absolute Gasteiger partial charge is 0.255 e. The Kier molecular flexibility index (Phi) is 4.33. The maximum atomic E-state index is 12.5. The minimum atomic E-state index is -0.207. The van der Waals surface area contributed by atoms with Crippen LogP contribution in [0.3, 0.4) is 0 Å². The molecule has 3 heterocycles. The average molecular weight is 355 g/mol. The van der Waals surface area contributed by atoms with E-state index in [0.717, 1.165) is 21.6 Å². The van der Waals surface area contributed by atoms with Gasteiger partial charge in [0.1, 0.15) is 6.10 Å². The number of rotatable bonds is 4. The Bertz CT molecular complexity index is 919. The summed E-state index contributed by atoms with van der Waals surface area (Å²) in [5.74, 6) is 0.231. The van der Waals surface area contributed by atoms with Gasteiger partial charge >= 0.3 is 0 Å². The van der Waals surface area contributed by atoms with Crippen LogP contribution in [0.25, 0.3) is 10.2 Å². The Labute approximate surface area is 148 Å². The van der Waals surface area contributed by atoms with Crippen LogP contribution in [0, 0.1) is 6.92 Å². The van der Waals surface area contributed by atoms with Gasteiger partial charge in [-0.1, -0.05) is 0 Å². The number of ether oxygens (including phenoxy) is 2. The molecule has 25 heavy (non-hydrogen) atoms. The first kappa shape index (κ1) is 16.0. The highest BCUT2D eigenvalue weighted by molar-refractivity contribution is 7.18. The number of hydrogen-bond donors (Lipinski definition) is 1. The number of fused-ring (bicyclic) bond motifs is 1. The van der Waals surface area contributed by atoms with E-state index in [9.17, 15) is 4.79 Å². The highest BCUT2D eigenvalue weighted by atomic mass is 32.1. The van der Waals surface area contributed by atoms with Crippen LogP contribution < -0.4 is 10.1 Å². The minimum Gasteiger partial charge on any atom is -0.472 e. The number of benzene rings is 1. The summed E-state index contributed by atoms with van der Waals surface area (Å²) in [4.78, 5) is 21.1. The molecule has 128 valence electrons. The third kappa shape index (κ3) is 3.62. The molecule has 6 nitrogen and oxygen atoms in total. The Balaban J connectivity index is 1.49. The molecule has 1 aliphatic rings. The molecule has 2 aromatic heterocycles. The minimum absolute atomic E-state index is 0.00104. The molecule has 0 unspecified atom stereocenters. The number of hydrogen-bond acceptors (Lipinski definition) is 6. The molecule has 1 amide bonds. The molecule has 4 rings (SSSR count). The molecular formula is C18H17N3O3S. The van der Waals surface area contributed by atoms with Crippen molar-refractivity contribution in [3.63, 3.8) is 0 Å². The highest BCUT2D eigenvalue weighted by Crippen LogP contribution is 2.25. The number of carbonyl (C=O) groups is 1. The second-order valence-corrected chi connectivity index (χ2v) is 7.09. The van der Waals surface area contributed by atoms with Crippen molar-refractivity contribution < 1.29 is 14.3 Å². The van der Waals surface area contributed by atoms with E-state index in [1.165, 1.54) is 0 Å². The van der Waals surface area contributed by atoms with Gasteiger partial charge in [0.25, 0.3) is 5.91 Å². The van der Waals surface area contributed by atoms with Crippen molar-refractivity contribution in [2.24, 2.45) is 0 Å². The van der Waals surface area contributed by atoms with E-state index in [2.05, 4.69) is 15.3 Å². The zero-order chi connectivity index (χ0) is 17.2. The lowest BCUT2D eigenvalue weighted by molar-refractivity contribution is 0.102. The Morgan fingerprint density at radius 2 is 2.28 bits per heavy atom. The summed E-state index contributed by atoms with van der Waals surface area (Å²) in [5, 5.41) is 3.90. The van der Waals surface area contributed by atoms with Crippen molar-refractivity contribution in [2.45, 2.75) is 19.4 Å². The van der Waals surface area contributed by atoms with Crippen LogP contribution in [0.1, 0.15) is 21.8 Å². The molecule has 1 atom stereocenters. The molecule has 7 heteroatoms. The molecule has 0 bridgehead atoms. The normalized spacial score (nSPS) is 16.9. The van der Waals surface area contributed by atoms with E-state index >= 15 is 0 Å². The molecule has 1 aromatic carbocycles. The van der Waals surface area contributed by atoms with E-state index < -0.39 is 0 Å². The lowest BCUT2D eigenvalue weighted by Crippen LogP contribution is -2.17. The molecule has 0 saturated carbocycles. The second-order valence-electron chi connectivity index (χ2n) is 5.86. The van der Waals surface area contributed by atoms with Gasteiger partial charge in [-0.05, 0) is 31.2 Å². The summed E-state index contributed by atoms with van der Waals surface area (Å²) in [6.45, 7) is 3.23. The van der Waals surface area contributed by atoms with Gasteiger partial charge < -0.3 is 14.8 Å². The fourth-order valence-corrected chi connectivity index (χ4v) is 3.52. The number of aromatic nitrogens is 2. The second kappa shape index (κ2) is 6.78. The van der Waals surface area contributed by atoms with Crippen LogP contribution in [0.4, 0.5) is 5.69 Å². The third-order valence-corrected chi connectivity index (χ3v) is 4.88. The van der Waals surface area contributed by atoms with Crippen molar-refractivity contribution >= 4 is 33.1 Å². The predicted octanol–water partition coefficient (Wildman–Crippen LogP) is 3.42. The van der Waals surface area contributed by atoms with E-state index in [-0.39, 0.29) is 12.0 Å². The van der Waals surface area contributed by atoms with Crippen LogP contribution in [-0.2, 0) is 4.74 Å². The number of nitrogens with one attached hydrogen (secondary N) is 1. The molecule has 0 radical (unpaired) electrons. The van der Waals surface area contributed by atoms with Crippen molar-refractivity contribution in [1.29, 1.82) is 0 Å². The Morgan fingerprint density at radius 1 is 1.36 bits per heavy atom. The van der Waals surface area contributed by atoms with Gasteiger partial charge in [-0.2, -0.15) is 0 Å². The van der Waals surface area contributed by atoms with Gasteiger partial charge in [-0.25, -0.2) is 9.97 Å². The van der Waals surface area contributed by atoms with E-state index in [0.29, 0.717) is 30.3 Å².